The maximum Gasteiger partial charge on any atom is 0.303 e. The van der Waals surface area contributed by atoms with E-state index in [1.54, 1.807) is 0 Å². The zero-order valence-corrected chi connectivity index (χ0v) is 16.9. The summed E-state index contributed by atoms with van der Waals surface area (Å²) < 4.78 is 0. The summed E-state index contributed by atoms with van der Waals surface area (Å²) in [4.78, 5) is 10.9. The van der Waals surface area contributed by atoms with Crippen LogP contribution in [0.1, 0.15) is 42.0 Å². The molecule has 1 aromatic heterocycles. The van der Waals surface area contributed by atoms with Crippen LogP contribution < -0.4 is 0 Å². The van der Waals surface area contributed by atoms with E-state index in [0.29, 0.717) is 6.42 Å². The summed E-state index contributed by atoms with van der Waals surface area (Å²) in [6.07, 6.45) is 3.42. The summed E-state index contributed by atoms with van der Waals surface area (Å²) in [7, 11) is 0. The Hall–Kier alpha value is -3.66. The van der Waals surface area contributed by atoms with E-state index in [1.807, 2.05) is 24.4 Å². The maximum absolute atomic E-state index is 10.9. The summed E-state index contributed by atoms with van der Waals surface area (Å²) in [5.41, 5.74) is 7.98. The Morgan fingerprint density at radius 1 is 0.933 bits per heavy atom. The fourth-order valence-electron chi connectivity index (χ4n) is 3.87. The van der Waals surface area contributed by atoms with Crippen molar-refractivity contribution in [1.29, 1.82) is 0 Å². The zero-order valence-electron chi connectivity index (χ0n) is 16.9. The molecule has 0 aliphatic heterocycles. The molecule has 0 spiro atoms. The second-order valence-corrected chi connectivity index (χ2v) is 7.34. The number of aromatic nitrogens is 2. The molecule has 0 amide bonds. The first-order valence-corrected chi connectivity index (χ1v) is 10.2. The largest absolute Gasteiger partial charge is 0.481 e. The molecule has 0 bridgehead atoms. The van der Waals surface area contributed by atoms with Gasteiger partial charge in [0.15, 0.2) is 0 Å². The van der Waals surface area contributed by atoms with Crippen LogP contribution in [0.15, 0.2) is 79.0 Å². The molecule has 0 atom stereocenters. The number of H-pyrrole nitrogens is 1. The van der Waals surface area contributed by atoms with Gasteiger partial charge >= 0.3 is 5.97 Å². The maximum atomic E-state index is 10.9. The Morgan fingerprint density at radius 2 is 1.67 bits per heavy atom. The lowest BCUT2D eigenvalue weighted by Gasteiger charge is -2.17. The van der Waals surface area contributed by atoms with Gasteiger partial charge in [0.2, 0.25) is 0 Å². The lowest BCUT2D eigenvalue weighted by molar-refractivity contribution is -0.136. The highest BCUT2D eigenvalue weighted by molar-refractivity contribution is 6.00. The monoisotopic (exact) mass is 396 g/mol. The molecule has 4 nitrogen and oxygen atoms in total. The third-order valence-electron chi connectivity index (χ3n) is 5.38. The highest BCUT2D eigenvalue weighted by Crippen LogP contribution is 2.35. The van der Waals surface area contributed by atoms with Crippen molar-refractivity contribution in [2.75, 3.05) is 0 Å². The minimum atomic E-state index is -0.773. The average Bonchev–Trinajstić information content (AvgIpc) is 3.25. The molecule has 4 rings (SSSR count). The van der Waals surface area contributed by atoms with E-state index in [9.17, 15) is 4.79 Å². The fourth-order valence-corrected chi connectivity index (χ4v) is 3.87. The average molecular weight is 396 g/mol. The lowest BCUT2D eigenvalue weighted by Crippen LogP contribution is -1.98. The van der Waals surface area contributed by atoms with Crippen LogP contribution in [0.3, 0.4) is 0 Å². The fraction of sp³-hybridized carbons (Fsp3) is 0.154. The van der Waals surface area contributed by atoms with Gasteiger partial charge in [-0.2, -0.15) is 5.10 Å². The molecule has 2 N–H and O–H groups in total. The van der Waals surface area contributed by atoms with E-state index in [-0.39, 0.29) is 6.42 Å². The Kier molecular flexibility index (Phi) is 5.75. The van der Waals surface area contributed by atoms with Gasteiger partial charge in [0.05, 0.1) is 11.7 Å². The van der Waals surface area contributed by atoms with Gasteiger partial charge < -0.3 is 5.11 Å². The van der Waals surface area contributed by atoms with Gasteiger partial charge in [-0.15, -0.1) is 0 Å². The number of fused-ring (bicyclic) bond motifs is 1. The van der Waals surface area contributed by atoms with Gasteiger partial charge in [0.25, 0.3) is 0 Å². The van der Waals surface area contributed by atoms with Gasteiger partial charge in [-0.05, 0) is 58.4 Å². The van der Waals surface area contributed by atoms with Gasteiger partial charge in [-0.1, -0.05) is 67.6 Å². The molecular formula is C26H24N2O2. The van der Waals surface area contributed by atoms with Crippen LogP contribution in [-0.2, 0) is 11.2 Å². The van der Waals surface area contributed by atoms with Crippen molar-refractivity contribution in [2.45, 2.75) is 26.2 Å². The molecule has 0 saturated carbocycles. The predicted molar refractivity (Wildman–Crippen MR) is 121 cm³/mol. The van der Waals surface area contributed by atoms with Crippen LogP contribution in [0, 0.1) is 0 Å². The van der Waals surface area contributed by atoms with Crippen LogP contribution in [-0.4, -0.2) is 21.3 Å². The number of hydrogen-bond acceptors (Lipinski definition) is 2. The van der Waals surface area contributed by atoms with Crippen LogP contribution in [0.2, 0.25) is 0 Å². The molecule has 1 heterocycles. The Morgan fingerprint density at radius 3 is 2.37 bits per heavy atom. The summed E-state index contributed by atoms with van der Waals surface area (Å²) in [6.45, 7) is 2.18. The van der Waals surface area contributed by atoms with Crippen molar-refractivity contribution < 1.29 is 9.90 Å². The van der Waals surface area contributed by atoms with Crippen molar-refractivity contribution in [3.63, 3.8) is 0 Å². The number of nitrogens with one attached hydrogen (secondary N) is 1. The van der Waals surface area contributed by atoms with Gasteiger partial charge in [0, 0.05) is 11.8 Å². The Balaban J connectivity index is 1.85. The smallest absolute Gasteiger partial charge is 0.303 e. The molecule has 0 fully saturated rings. The van der Waals surface area contributed by atoms with Crippen molar-refractivity contribution in [1.82, 2.24) is 10.2 Å². The molecule has 30 heavy (non-hydrogen) atoms. The van der Waals surface area contributed by atoms with Gasteiger partial charge in [-0.25, -0.2) is 0 Å². The number of aryl methyl sites for hydroxylation is 1. The van der Waals surface area contributed by atoms with Gasteiger partial charge in [0.1, 0.15) is 0 Å². The summed E-state index contributed by atoms with van der Waals surface area (Å²) in [5.74, 6) is -0.773. The Labute approximate surface area is 175 Å². The number of nitrogens with zero attached hydrogens (tertiary/aromatic N) is 1. The van der Waals surface area contributed by atoms with E-state index in [0.717, 1.165) is 34.0 Å². The van der Waals surface area contributed by atoms with Gasteiger partial charge in [-0.3, -0.25) is 9.89 Å². The number of allylic oxidation sites excluding steroid dienone is 1. The number of aliphatic carboxylic acids is 1. The van der Waals surface area contributed by atoms with Crippen LogP contribution in [0.4, 0.5) is 0 Å². The van der Waals surface area contributed by atoms with Crippen molar-refractivity contribution >= 4 is 28.0 Å². The SMILES string of the molecule is CCC(=C(c1ccc(CCC(=O)O)cc1)c1ccc2[nH]ncc2c1)c1ccccc1. The summed E-state index contributed by atoms with van der Waals surface area (Å²) >= 11 is 0. The van der Waals surface area contributed by atoms with E-state index in [4.69, 9.17) is 5.11 Å². The number of aromatic amines is 1. The number of carboxylic acids is 1. The lowest BCUT2D eigenvalue weighted by atomic mass is 9.87. The van der Waals surface area contributed by atoms with E-state index in [2.05, 4.69) is 71.7 Å². The molecule has 0 aliphatic rings. The first-order valence-electron chi connectivity index (χ1n) is 10.2. The van der Waals surface area contributed by atoms with Crippen molar-refractivity contribution in [3.8, 4) is 0 Å². The first kappa shape index (κ1) is 19.6. The van der Waals surface area contributed by atoms with Crippen molar-refractivity contribution in [2.24, 2.45) is 0 Å². The predicted octanol–water partition coefficient (Wildman–Crippen LogP) is 5.95. The van der Waals surface area contributed by atoms with Crippen LogP contribution in [0.5, 0.6) is 0 Å². The van der Waals surface area contributed by atoms with Crippen LogP contribution in [0.25, 0.3) is 22.0 Å². The zero-order chi connectivity index (χ0) is 20.9. The standard InChI is InChI=1S/C26H24N2O2/c1-2-23(19-6-4-3-5-7-19)26(21-13-14-24-22(16-21)17-27-28-24)20-11-8-18(9-12-20)10-15-25(29)30/h3-9,11-14,16-17H,2,10,15H2,1H3,(H,27,28)(H,29,30). The summed E-state index contributed by atoms with van der Waals surface area (Å²) in [6, 6.07) is 25.1. The minimum Gasteiger partial charge on any atom is -0.481 e. The van der Waals surface area contributed by atoms with Crippen molar-refractivity contribution in [3.05, 3.63) is 101 Å². The molecule has 3 aromatic carbocycles. The van der Waals surface area contributed by atoms with E-state index >= 15 is 0 Å². The molecule has 150 valence electrons. The normalized spacial score (nSPS) is 12.0. The molecule has 0 saturated heterocycles. The number of benzene rings is 3. The second-order valence-electron chi connectivity index (χ2n) is 7.34. The minimum absolute atomic E-state index is 0.142. The third-order valence-corrected chi connectivity index (χ3v) is 5.38. The van der Waals surface area contributed by atoms with E-state index < -0.39 is 5.97 Å². The first-order chi connectivity index (χ1) is 14.7. The Bertz CT molecular complexity index is 1190. The molecule has 0 radical (unpaired) electrons. The quantitative estimate of drug-likeness (QED) is 0.379. The highest BCUT2D eigenvalue weighted by Gasteiger charge is 2.14. The molecule has 0 unspecified atom stereocenters. The highest BCUT2D eigenvalue weighted by atomic mass is 16.4. The second kappa shape index (κ2) is 8.78. The molecular weight excluding hydrogens is 372 g/mol. The number of hydrogen-bond donors (Lipinski definition) is 2. The molecule has 4 heteroatoms. The molecule has 0 aliphatic carbocycles. The number of carbonyl (C=O) groups is 1. The number of carboxylic acid groups (broad SMARTS) is 1. The third kappa shape index (κ3) is 4.18. The number of rotatable bonds is 7. The summed E-state index contributed by atoms with van der Waals surface area (Å²) in [5, 5.41) is 17.2. The van der Waals surface area contributed by atoms with E-state index in [1.165, 1.54) is 16.7 Å². The molecule has 4 aromatic rings. The topological polar surface area (TPSA) is 66.0 Å². The van der Waals surface area contributed by atoms with Crippen LogP contribution >= 0.6 is 0 Å².